The Balaban J connectivity index is 2.45. The molecule has 0 fully saturated rings. The molecule has 98 valence electrons. The molecular formula is C15H15FN2O. The van der Waals surface area contributed by atoms with Gasteiger partial charge in [-0.15, -0.1) is 0 Å². The van der Waals surface area contributed by atoms with Gasteiger partial charge in [0.25, 0.3) is 0 Å². The third-order valence-corrected chi connectivity index (χ3v) is 2.90. The highest BCUT2D eigenvalue weighted by atomic mass is 19.1. The lowest BCUT2D eigenvalue weighted by Crippen LogP contribution is -2.18. The van der Waals surface area contributed by atoms with Crippen LogP contribution in [0.2, 0.25) is 0 Å². The van der Waals surface area contributed by atoms with E-state index >= 15 is 0 Å². The summed E-state index contributed by atoms with van der Waals surface area (Å²) in [5.41, 5.74) is 2.17. The highest BCUT2D eigenvalue weighted by molar-refractivity contribution is 5.76. The number of halogens is 1. The fourth-order valence-corrected chi connectivity index (χ4v) is 2.03. The zero-order valence-corrected chi connectivity index (χ0v) is 10.9. The quantitative estimate of drug-likeness (QED) is 0.787. The first-order chi connectivity index (χ1) is 9.15. The van der Waals surface area contributed by atoms with E-state index in [1.165, 1.54) is 18.3 Å². The molecule has 4 heteroatoms. The predicted molar refractivity (Wildman–Crippen MR) is 73.4 cm³/mol. The van der Waals surface area contributed by atoms with Gasteiger partial charge in [-0.3, -0.25) is 4.79 Å². The summed E-state index contributed by atoms with van der Waals surface area (Å²) in [6, 6.07) is 8.16. The first kappa shape index (κ1) is 13.2. The monoisotopic (exact) mass is 258 g/mol. The highest BCUT2D eigenvalue weighted by Gasteiger charge is 2.12. The van der Waals surface area contributed by atoms with Gasteiger partial charge in [0.2, 0.25) is 0 Å². The SMILES string of the molecule is CCN(c1cccc(F)c1)c1ncc(C=O)cc1C. The zero-order chi connectivity index (χ0) is 13.8. The lowest BCUT2D eigenvalue weighted by atomic mass is 10.2. The van der Waals surface area contributed by atoms with Gasteiger partial charge in [0, 0.05) is 24.0 Å². The summed E-state index contributed by atoms with van der Waals surface area (Å²) in [5.74, 6) is 0.455. The average molecular weight is 258 g/mol. The number of hydrogen-bond donors (Lipinski definition) is 0. The molecule has 0 aliphatic carbocycles. The van der Waals surface area contributed by atoms with E-state index in [0.29, 0.717) is 12.1 Å². The molecule has 0 radical (unpaired) electrons. The molecule has 3 nitrogen and oxygen atoms in total. The van der Waals surface area contributed by atoms with Crippen LogP contribution in [0, 0.1) is 12.7 Å². The van der Waals surface area contributed by atoms with Crippen molar-refractivity contribution in [2.45, 2.75) is 13.8 Å². The Bertz CT molecular complexity index is 598. The van der Waals surface area contributed by atoms with Crippen LogP contribution in [0.3, 0.4) is 0 Å². The Kier molecular flexibility index (Phi) is 3.90. The van der Waals surface area contributed by atoms with Gasteiger partial charge in [0.1, 0.15) is 11.6 Å². The summed E-state index contributed by atoms with van der Waals surface area (Å²) in [6.07, 6.45) is 2.29. The predicted octanol–water partition coefficient (Wildman–Crippen LogP) is 3.50. The summed E-state index contributed by atoms with van der Waals surface area (Å²) >= 11 is 0. The number of aldehydes is 1. The van der Waals surface area contributed by atoms with Gasteiger partial charge in [0.05, 0.1) is 0 Å². The molecule has 2 rings (SSSR count). The molecule has 19 heavy (non-hydrogen) atoms. The molecule has 1 aromatic heterocycles. The fourth-order valence-electron chi connectivity index (χ4n) is 2.03. The van der Waals surface area contributed by atoms with Crippen molar-refractivity contribution in [3.05, 3.63) is 53.5 Å². The number of aryl methyl sites for hydroxylation is 1. The Labute approximate surface area is 111 Å². The van der Waals surface area contributed by atoms with E-state index in [1.807, 2.05) is 24.8 Å². The van der Waals surface area contributed by atoms with Gasteiger partial charge in [-0.2, -0.15) is 0 Å². The molecule has 0 N–H and O–H groups in total. The summed E-state index contributed by atoms with van der Waals surface area (Å²) in [6.45, 7) is 4.52. The van der Waals surface area contributed by atoms with Crippen molar-refractivity contribution in [1.29, 1.82) is 0 Å². The van der Waals surface area contributed by atoms with Gasteiger partial charge < -0.3 is 4.90 Å². The van der Waals surface area contributed by atoms with E-state index in [2.05, 4.69) is 4.98 Å². The molecule has 0 aliphatic heterocycles. The van der Waals surface area contributed by atoms with Crippen LogP contribution in [-0.2, 0) is 0 Å². The van der Waals surface area contributed by atoms with E-state index in [-0.39, 0.29) is 5.82 Å². The van der Waals surface area contributed by atoms with Crippen LogP contribution < -0.4 is 4.90 Å². The van der Waals surface area contributed by atoms with Crippen molar-refractivity contribution < 1.29 is 9.18 Å². The number of rotatable bonds is 4. The number of carbonyl (C=O) groups excluding carboxylic acids is 1. The molecular weight excluding hydrogens is 243 g/mol. The molecule has 0 amide bonds. The van der Waals surface area contributed by atoms with Gasteiger partial charge in [0.15, 0.2) is 6.29 Å². The maximum Gasteiger partial charge on any atom is 0.151 e. The second kappa shape index (κ2) is 5.61. The molecule has 0 aliphatic rings. The van der Waals surface area contributed by atoms with Crippen LogP contribution in [0.4, 0.5) is 15.9 Å². The number of aromatic nitrogens is 1. The average Bonchev–Trinajstić information content (AvgIpc) is 2.41. The van der Waals surface area contributed by atoms with Gasteiger partial charge in [-0.1, -0.05) is 6.07 Å². The zero-order valence-electron chi connectivity index (χ0n) is 10.9. The third kappa shape index (κ3) is 2.78. The molecule has 0 unspecified atom stereocenters. The van der Waals surface area contributed by atoms with E-state index in [9.17, 15) is 9.18 Å². The number of hydrogen-bond acceptors (Lipinski definition) is 3. The van der Waals surface area contributed by atoms with E-state index in [0.717, 1.165) is 23.4 Å². The Morgan fingerprint density at radius 3 is 2.74 bits per heavy atom. The van der Waals surface area contributed by atoms with E-state index in [1.54, 1.807) is 12.1 Å². The maximum atomic E-state index is 13.3. The van der Waals surface area contributed by atoms with Crippen LogP contribution in [0.25, 0.3) is 0 Å². The van der Waals surface area contributed by atoms with E-state index in [4.69, 9.17) is 0 Å². The standard InChI is InChI=1S/C15H15FN2O/c1-3-18(14-6-4-5-13(16)8-14)15-11(2)7-12(10-19)9-17-15/h4-10H,3H2,1-2H3. The van der Waals surface area contributed by atoms with Gasteiger partial charge in [-0.25, -0.2) is 9.37 Å². The van der Waals surface area contributed by atoms with Crippen molar-refractivity contribution in [1.82, 2.24) is 4.98 Å². The summed E-state index contributed by atoms with van der Waals surface area (Å²) in [4.78, 5) is 16.9. The second-order valence-corrected chi connectivity index (χ2v) is 4.25. The smallest absolute Gasteiger partial charge is 0.151 e. The van der Waals surface area contributed by atoms with Crippen molar-refractivity contribution in [3.63, 3.8) is 0 Å². The maximum absolute atomic E-state index is 13.3. The van der Waals surface area contributed by atoms with Crippen LogP contribution in [0.15, 0.2) is 36.5 Å². The number of carbonyl (C=O) groups is 1. The summed E-state index contributed by atoms with van der Waals surface area (Å²) < 4.78 is 13.3. The number of nitrogens with zero attached hydrogens (tertiary/aromatic N) is 2. The lowest BCUT2D eigenvalue weighted by molar-refractivity contribution is 0.112. The molecule has 0 bridgehead atoms. The minimum atomic E-state index is -0.280. The third-order valence-electron chi connectivity index (χ3n) is 2.90. The minimum absolute atomic E-state index is 0.280. The van der Waals surface area contributed by atoms with Crippen molar-refractivity contribution >= 4 is 17.8 Å². The first-order valence-corrected chi connectivity index (χ1v) is 6.10. The van der Waals surface area contributed by atoms with Crippen molar-refractivity contribution in [2.75, 3.05) is 11.4 Å². The Morgan fingerprint density at radius 2 is 2.16 bits per heavy atom. The molecule has 1 heterocycles. The second-order valence-electron chi connectivity index (χ2n) is 4.25. The first-order valence-electron chi connectivity index (χ1n) is 6.10. The molecule has 0 atom stereocenters. The van der Waals surface area contributed by atoms with Gasteiger partial charge in [-0.05, 0) is 43.7 Å². The lowest BCUT2D eigenvalue weighted by Gasteiger charge is -2.23. The van der Waals surface area contributed by atoms with Crippen molar-refractivity contribution in [3.8, 4) is 0 Å². The number of benzene rings is 1. The normalized spacial score (nSPS) is 10.3. The molecule has 0 saturated carbocycles. The van der Waals surface area contributed by atoms with Crippen LogP contribution in [0.1, 0.15) is 22.8 Å². The fraction of sp³-hybridized carbons (Fsp3) is 0.200. The highest BCUT2D eigenvalue weighted by Crippen LogP contribution is 2.26. The van der Waals surface area contributed by atoms with Crippen LogP contribution in [0.5, 0.6) is 0 Å². The molecule has 1 aromatic carbocycles. The topological polar surface area (TPSA) is 33.2 Å². The minimum Gasteiger partial charge on any atom is -0.326 e. The van der Waals surface area contributed by atoms with Gasteiger partial charge >= 0.3 is 0 Å². The van der Waals surface area contributed by atoms with Crippen LogP contribution >= 0.6 is 0 Å². The Hall–Kier alpha value is -2.23. The summed E-state index contributed by atoms with van der Waals surface area (Å²) in [7, 11) is 0. The summed E-state index contributed by atoms with van der Waals surface area (Å²) in [5, 5.41) is 0. The largest absolute Gasteiger partial charge is 0.326 e. The van der Waals surface area contributed by atoms with E-state index < -0.39 is 0 Å². The number of pyridine rings is 1. The molecule has 0 spiro atoms. The molecule has 2 aromatic rings. The Morgan fingerprint density at radius 1 is 1.37 bits per heavy atom. The van der Waals surface area contributed by atoms with Crippen LogP contribution in [-0.4, -0.2) is 17.8 Å². The van der Waals surface area contributed by atoms with Crippen molar-refractivity contribution in [2.24, 2.45) is 0 Å². The molecule has 0 saturated heterocycles. The number of anilines is 2.